The van der Waals surface area contributed by atoms with Crippen LogP contribution in [0.3, 0.4) is 0 Å². The van der Waals surface area contributed by atoms with Gasteiger partial charge in [0.1, 0.15) is 18.1 Å². The van der Waals surface area contributed by atoms with Gasteiger partial charge in [0.15, 0.2) is 0 Å². The molecule has 0 amide bonds. The molecule has 0 aliphatic carbocycles. The van der Waals surface area contributed by atoms with Crippen molar-refractivity contribution in [2.75, 3.05) is 32.6 Å². The van der Waals surface area contributed by atoms with Gasteiger partial charge in [0.2, 0.25) is 0 Å². The molecule has 1 heterocycles. The summed E-state index contributed by atoms with van der Waals surface area (Å²) in [5.74, 6) is -0.376. The number of rotatable bonds is 8. The van der Waals surface area contributed by atoms with Crippen LogP contribution in [0.15, 0.2) is 35.9 Å². The fraction of sp³-hybridized carbons (Fsp3) is 0.444. The van der Waals surface area contributed by atoms with Crippen molar-refractivity contribution >= 4 is 33.8 Å². The summed E-state index contributed by atoms with van der Waals surface area (Å²) < 4.78 is 19.2. The third-order valence-electron chi connectivity index (χ3n) is 4.11. The van der Waals surface area contributed by atoms with Crippen molar-refractivity contribution in [2.24, 2.45) is 0 Å². The molecule has 1 aliphatic heterocycles. The molecule has 0 radical (unpaired) electrons. The molecule has 1 aliphatic rings. The number of benzene rings is 1. The topological polar surface area (TPSA) is 66.8 Å². The number of ether oxygens (including phenoxy) is 1. The highest BCUT2D eigenvalue weighted by atomic mass is 33.1. The number of aliphatic hydroxyl groups excluding tert-OH is 1. The molecule has 0 bridgehead atoms. The minimum absolute atomic E-state index is 0.0982. The number of hydrogen-bond donors (Lipinski definition) is 1. The van der Waals surface area contributed by atoms with E-state index in [1.165, 1.54) is 19.3 Å². The van der Waals surface area contributed by atoms with E-state index in [1.54, 1.807) is 39.8 Å². The number of halogens is 1. The molecule has 2 rings (SSSR count). The molecular weight excluding hydrogens is 377 g/mol. The lowest BCUT2D eigenvalue weighted by atomic mass is 9.98. The van der Waals surface area contributed by atoms with E-state index in [2.05, 4.69) is 0 Å². The summed E-state index contributed by atoms with van der Waals surface area (Å²) in [5.41, 5.74) is 1.15. The molecule has 2 unspecified atom stereocenters. The lowest BCUT2D eigenvalue weighted by Gasteiger charge is -2.37. The predicted octanol–water partition coefficient (Wildman–Crippen LogP) is 2.61. The van der Waals surface area contributed by atoms with E-state index in [1.807, 2.05) is 4.90 Å². The molecule has 26 heavy (non-hydrogen) atoms. The zero-order valence-corrected chi connectivity index (χ0v) is 16.1. The molecular formula is C18H22FNO4S2. The minimum Gasteiger partial charge on any atom is -0.468 e. The first-order valence-electron chi connectivity index (χ1n) is 8.22. The van der Waals surface area contributed by atoms with Crippen molar-refractivity contribution in [3.63, 3.8) is 0 Å². The highest BCUT2D eigenvalue weighted by molar-refractivity contribution is 8.77. The Labute approximate surface area is 160 Å². The largest absolute Gasteiger partial charge is 0.468 e. The summed E-state index contributed by atoms with van der Waals surface area (Å²) in [6, 6.07) is 5.31. The summed E-state index contributed by atoms with van der Waals surface area (Å²) in [6.07, 6.45) is 2.96. The number of piperidine rings is 1. The molecule has 1 aromatic carbocycles. The van der Waals surface area contributed by atoms with Gasteiger partial charge >= 0.3 is 5.97 Å². The highest BCUT2D eigenvalue weighted by Gasteiger charge is 2.35. The molecule has 5 nitrogen and oxygen atoms in total. The van der Waals surface area contributed by atoms with Crippen LogP contribution < -0.4 is 0 Å². The van der Waals surface area contributed by atoms with Crippen LogP contribution in [0.25, 0.3) is 0 Å². The maximum absolute atomic E-state index is 14.3. The lowest BCUT2D eigenvalue weighted by Crippen LogP contribution is -2.43. The van der Waals surface area contributed by atoms with Gasteiger partial charge in [-0.25, -0.2) is 9.18 Å². The number of likely N-dealkylation sites (tertiary alicyclic amines) is 1. The average Bonchev–Trinajstić information content (AvgIpc) is 2.65. The second kappa shape index (κ2) is 10.7. The number of hydrogen-bond acceptors (Lipinski definition) is 7. The van der Waals surface area contributed by atoms with E-state index in [9.17, 15) is 14.0 Å². The first-order chi connectivity index (χ1) is 12.6. The van der Waals surface area contributed by atoms with Crippen LogP contribution in [0.4, 0.5) is 4.39 Å². The van der Waals surface area contributed by atoms with Crippen molar-refractivity contribution in [2.45, 2.75) is 17.7 Å². The number of nitrogens with zero attached hydrogens (tertiary/aromatic N) is 1. The van der Waals surface area contributed by atoms with Gasteiger partial charge in [-0.15, -0.1) is 0 Å². The number of allylic oxidation sites excluding steroid dienone is 1. The maximum atomic E-state index is 14.3. The maximum Gasteiger partial charge on any atom is 0.327 e. The normalized spacial score (nSPS) is 20.7. The van der Waals surface area contributed by atoms with Gasteiger partial charge in [-0.3, -0.25) is 9.69 Å². The van der Waals surface area contributed by atoms with Gasteiger partial charge in [-0.1, -0.05) is 39.8 Å². The summed E-state index contributed by atoms with van der Waals surface area (Å²) in [6.45, 7) is 1.05. The molecule has 0 spiro atoms. The second-order valence-corrected chi connectivity index (χ2v) is 8.40. The Bertz CT molecular complexity index is 656. The number of carbonyl (C=O) groups excluding carboxylic acids is 2. The number of aldehydes is 1. The number of aliphatic hydroxyl groups is 1. The third-order valence-corrected chi connectivity index (χ3v) is 6.97. The fourth-order valence-corrected chi connectivity index (χ4v) is 5.39. The molecule has 1 N–H and O–H groups in total. The van der Waals surface area contributed by atoms with Crippen LogP contribution in [0.2, 0.25) is 0 Å². The van der Waals surface area contributed by atoms with Gasteiger partial charge in [0.05, 0.1) is 13.7 Å². The van der Waals surface area contributed by atoms with Gasteiger partial charge < -0.3 is 9.84 Å². The van der Waals surface area contributed by atoms with E-state index in [4.69, 9.17) is 9.84 Å². The summed E-state index contributed by atoms with van der Waals surface area (Å²) in [4.78, 5) is 25.2. The van der Waals surface area contributed by atoms with E-state index in [-0.39, 0.29) is 17.4 Å². The van der Waals surface area contributed by atoms with Gasteiger partial charge in [-0.2, -0.15) is 0 Å². The van der Waals surface area contributed by atoms with Gasteiger partial charge in [0, 0.05) is 29.7 Å². The molecule has 2 atom stereocenters. The third kappa shape index (κ3) is 5.33. The monoisotopic (exact) mass is 399 g/mol. The SMILES string of the molecule is COC(=O)C(c1ccccc1F)N1CCC(SSCCO)/C(=C\C=O)C1. The molecule has 1 aromatic rings. The van der Waals surface area contributed by atoms with E-state index >= 15 is 0 Å². The Hall–Kier alpha value is -1.35. The highest BCUT2D eigenvalue weighted by Crippen LogP contribution is 2.38. The molecule has 8 heteroatoms. The first-order valence-corrected chi connectivity index (χ1v) is 10.6. The zero-order valence-electron chi connectivity index (χ0n) is 14.5. The van der Waals surface area contributed by atoms with Crippen LogP contribution >= 0.6 is 21.6 Å². The van der Waals surface area contributed by atoms with Crippen molar-refractivity contribution in [3.8, 4) is 0 Å². The Balaban J connectivity index is 2.22. The second-order valence-electron chi connectivity index (χ2n) is 5.71. The molecule has 1 saturated heterocycles. The number of esters is 1. The molecule has 0 aromatic heterocycles. The number of carbonyl (C=O) groups is 2. The lowest BCUT2D eigenvalue weighted by molar-refractivity contribution is -0.147. The predicted molar refractivity (Wildman–Crippen MR) is 102 cm³/mol. The van der Waals surface area contributed by atoms with Crippen LogP contribution in [0.5, 0.6) is 0 Å². The van der Waals surface area contributed by atoms with E-state index in [0.29, 0.717) is 25.3 Å². The van der Waals surface area contributed by atoms with Gasteiger partial charge in [-0.05, 0) is 24.1 Å². The molecule has 1 fully saturated rings. The van der Waals surface area contributed by atoms with Crippen molar-refractivity contribution in [3.05, 3.63) is 47.3 Å². The number of methoxy groups -OCH3 is 1. The Morgan fingerprint density at radius 1 is 1.50 bits per heavy atom. The quantitative estimate of drug-likeness (QED) is 0.237. The van der Waals surface area contributed by atoms with E-state index in [0.717, 1.165) is 11.9 Å². The standard InChI is InChI=1S/C18H22FNO4S2/c1-24-18(23)17(14-4-2-3-5-15(14)19)20-8-6-16(26-25-11-10-22)13(12-20)7-9-21/h2-5,7,9,16-17,22H,6,8,10-12H2,1H3/b13-7-. The van der Waals surface area contributed by atoms with E-state index < -0.39 is 17.8 Å². The fourth-order valence-electron chi connectivity index (χ4n) is 2.91. The summed E-state index contributed by atoms with van der Waals surface area (Å²) in [7, 11) is 4.44. The molecule has 142 valence electrons. The van der Waals surface area contributed by atoms with Crippen molar-refractivity contribution < 1.29 is 23.8 Å². The first kappa shape index (κ1) is 21.0. The Morgan fingerprint density at radius 3 is 2.92 bits per heavy atom. The minimum atomic E-state index is -0.854. The Morgan fingerprint density at radius 2 is 2.27 bits per heavy atom. The van der Waals surface area contributed by atoms with Crippen molar-refractivity contribution in [1.82, 2.24) is 4.90 Å². The molecule has 0 saturated carbocycles. The average molecular weight is 400 g/mol. The summed E-state index contributed by atoms with van der Waals surface area (Å²) >= 11 is 0. The van der Waals surface area contributed by atoms with Crippen LogP contribution in [0, 0.1) is 5.82 Å². The zero-order chi connectivity index (χ0) is 18.9. The summed E-state index contributed by atoms with van der Waals surface area (Å²) in [5, 5.41) is 9.04. The van der Waals surface area contributed by atoms with Crippen LogP contribution in [-0.2, 0) is 14.3 Å². The Kier molecular flexibility index (Phi) is 8.64. The van der Waals surface area contributed by atoms with Gasteiger partial charge in [0.25, 0.3) is 0 Å². The smallest absolute Gasteiger partial charge is 0.327 e. The van der Waals surface area contributed by atoms with Crippen molar-refractivity contribution in [1.29, 1.82) is 0 Å². The van der Waals surface area contributed by atoms with Crippen LogP contribution in [-0.4, -0.2) is 60.1 Å². The van der Waals surface area contributed by atoms with Crippen LogP contribution in [0.1, 0.15) is 18.0 Å².